The van der Waals surface area contributed by atoms with Crippen LogP contribution in [-0.4, -0.2) is 26.5 Å². The monoisotopic (exact) mass is 290 g/mol. The summed E-state index contributed by atoms with van der Waals surface area (Å²) in [6.45, 7) is 2.34. The second-order valence-electron chi connectivity index (χ2n) is 4.91. The summed E-state index contributed by atoms with van der Waals surface area (Å²) in [5.41, 5.74) is 8.64. The predicted octanol–water partition coefficient (Wildman–Crippen LogP) is 1.98. The van der Waals surface area contributed by atoms with Crippen LogP contribution in [0.4, 0.5) is 5.95 Å². The number of hydrogen-bond donors (Lipinski definition) is 2. The number of nitrogen functional groups attached to an aromatic ring is 1. The van der Waals surface area contributed by atoms with Gasteiger partial charge in [0.2, 0.25) is 5.95 Å². The smallest absolute Gasteiger partial charge is 0.220 e. The standard InChI is InChI=1S/C14H15ClN4O/c15-13-9(2-1-3-12(13)20)7-19-5-4-11-10(8-19)6-17-14(16)18-11/h1-3,6,20H,4-5,7-8H2,(H2,16,17,18). The number of nitrogens with zero attached hydrogens (tertiary/aromatic N) is 3. The van der Waals surface area contributed by atoms with E-state index in [1.165, 1.54) is 0 Å². The molecule has 1 aromatic carbocycles. The van der Waals surface area contributed by atoms with Gasteiger partial charge in [-0.1, -0.05) is 23.7 Å². The number of phenols is 1. The Labute approximate surface area is 122 Å². The molecule has 6 heteroatoms. The Hall–Kier alpha value is -1.85. The van der Waals surface area contributed by atoms with Crippen molar-refractivity contribution in [3.8, 4) is 5.75 Å². The van der Waals surface area contributed by atoms with E-state index in [-0.39, 0.29) is 5.75 Å². The summed E-state index contributed by atoms with van der Waals surface area (Å²) < 4.78 is 0. The highest BCUT2D eigenvalue weighted by Crippen LogP contribution is 2.28. The third kappa shape index (κ3) is 2.55. The molecule has 0 amide bonds. The highest BCUT2D eigenvalue weighted by Gasteiger charge is 2.19. The zero-order chi connectivity index (χ0) is 14.1. The molecule has 0 unspecified atom stereocenters. The van der Waals surface area contributed by atoms with Crippen LogP contribution in [0.1, 0.15) is 16.8 Å². The molecule has 1 aliphatic rings. The summed E-state index contributed by atoms with van der Waals surface area (Å²) >= 11 is 6.12. The number of hydrogen-bond acceptors (Lipinski definition) is 5. The maximum absolute atomic E-state index is 9.63. The highest BCUT2D eigenvalue weighted by molar-refractivity contribution is 6.32. The number of aromatic nitrogens is 2. The normalized spacial score (nSPS) is 15.1. The van der Waals surface area contributed by atoms with Crippen LogP contribution in [-0.2, 0) is 19.5 Å². The van der Waals surface area contributed by atoms with Gasteiger partial charge in [-0.2, -0.15) is 0 Å². The number of fused-ring (bicyclic) bond motifs is 1. The van der Waals surface area contributed by atoms with E-state index in [1.807, 2.05) is 6.07 Å². The number of anilines is 1. The lowest BCUT2D eigenvalue weighted by atomic mass is 10.1. The molecular formula is C14H15ClN4O. The van der Waals surface area contributed by atoms with Gasteiger partial charge in [-0.3, -0.25) is 4.90 Å². The van der Waals surface area contributed by atoms with Crippen molar-refractivity contribution in [2.45, 2.75) is 19.5 Å². The van der Waals surface area contributed by atoms with E-state index in [4.69, 9.17) is 17.3 Å². The molecular weight excluding hydrogens is 276 g/mol. The highest BCUT2D eigenvalue weighted by atomic mass is 35.5. The molecule has 0 radical (unpaired) electrons. The first-order valence-electron chi connectivity index (χ1n) is 6.42. The van der Waals surface area contributed by atoms with Gasteiger partial charge in [0.15, 0.2) is 0 Å². The second-order valence-corrected chi connectivity index (χ2v) is 5.29. The van der Waals surface area contributed by atoms with Gasteiger partial charge in [0.1, 0.15) is 5.75 Å². The molecule has 0 saturated carbocycles. The van der Waals surface area contributed by atoms with Crippen LogP contribution in [0.3, 0.4) is 0 Å². The van der Waals surface area contributed by atoms with Crippen LogP contribution < -0.4 is 5.73 Å². The Morgan fingerprint density at radius 3 is 3.10 bits per heavy atom. The summed E-state index contributed by atoms with van der Waals surface area (Å²) in [6, 6.07) is 5.32. The number of benzene rings is 1. The molecule has 3 N–H and O–H groups in total. The van der Waals surface area contributed by atoms with Crippen molar-refractivity contribution < 1.29 is 5.11 Å². The average Bonchev–Trinajstić information content (AvgIpc) is 2.44. The van der Waals surface area contributed by atoms with Gasteiger partial charge in [0.05, 0.1) is 10.7 Å². The third-order valence-electron chi connectivity index (χ3n) is 3.48. The fraction of sp³-hybridized carbons (Fsp3) is 0.286. The van der Waals surface area contributed by atoms with Gasteiger partial charge < -0.3 is 10.8 Å². The first-order valence-corrected chi connectivity index (χ1v) is 6.80. The summed E-state index contributed by atoms with van der Waals surface area (Å²) in [4.78, 5) is 10.6. The minimum Gasteiger partial charge on any atom is -0.506 e. The molecule has 1 aromatic heterocycles. The van der Waals surface area contributed by atoms with Crippen molar-refractivity contribution in [3.05, 3.63) is 46.2 Å². The van der Waals surface area contributed by atoms with Crippen LogP contribution >= 0.6 is 11.6 Å². The van der Waals surface area contributed by atoms with Crippen molar-refractivity contribution in [1.82, 2.24) is 14.9 Å². The molecule has 0 fully saturated rings. The van der Waals surface area contributed by atoms with E-state index in [2.05, 4.69) is 14.9 Å². The Kier molecular flexibility index (Phi) is 3.46. The number of rotatable bonds is 2. The minimum atomic E-state index is 0.123. The van der Waals surface area contributed by atoms with Crippen molar-refractivity contribution in [2.24, 2.45) is 0 Å². The molecule has 2 aromatic rings. The summed E-state index contributed by atoms with van der Waals surface area (Å²) in [6.07, 6.45) is 2.63. The van der Waals surface area contributed by atoms with Gasteiger partial charge >= 0.3 is 0 Å². The Morgan fingerprint density at radius 1 is 1.40 bits per heavy atom. The zero-order valence-corrected chi connectivity index (χ0v) is 11.6. The zero-order valence-electron chi connectivity index (χ0n) is 10.9. The van der Waals surface area contributed by atoms with Crippen molar-refractivity contribution in [3.63, 3.8) is 0 Å². The molecule has 104 valence electrons. The molecule has 0 saturated heterocycles. The molecule has 0 bridgehead atoms. The van der Waals surface area contributed by atoms with E-state index in [0.717, 1.165) is 36.3 Å². The van der Waals surface area contributed by atoms with E-state index in [0.29, 0.717) is 17.5 Å². The summed E-state index contributed by atoms with van der Waals surface area (Å²) in [5.74, 6) is 0.450. The maximum Gasteiger partial charge on any atom is 0.220 e. The van der Waals surface area contributed by atoms with Gasteiger partial charge in [-0.15, -0.1) is 0 Å². The minimum absolute atomic E-state index is 0.123. The summed E-state index contributed by atoms with van der Waals surface area (Å²) in [5, 5.41) is 10.1. The first-order chi connectivity index (χ1) is 9.63. The summed E-state index contributed by atoms with van der Waals surface area (Å²) in [7, 11) is 0. The lowest BCUT2D eigenvalue weighted by Crippen LogP contribution is -2.31. The van der Waals surface area contributed by atoms with Crippen molar-refractivity contribution in [2.75, 3.05) is 12.3 Å². The molecule has 2 heterocycles. The van der Waals surface area contributed by atoms with E-state index in [1.54, 1.807) is 18.3 Å². The molecule has 20 heavy (non-hydrogen) atoms. The number of phenolic OH excluding ortho intramolecular Hbond substituents is 1. The van der Waals surface area contributed by atoms with Gasteiger partial charge in [-0.05, 0) is 11.6 Å². The predicted molar refractivity (Wildman–Crippen MR) is 77.4 cm³/mol. The van der Waals surface area contributed by atoms with Gasteiger partial charge in [0, 0.05) is 37.8 Å². The topological polar surface area (TPSA) is 75.3 Å². The second kappa shape index (κ2) is 5.26. The van der Waals surface area contributed by atoms with E-state index >= 15 is 0 Å². The molecule has 0 spiro atoms. The number of nitrogens with two attached hydrogens (primary N) is 1. The quantitative estimate of drug-likeness (QED) is 0.884. The van der Waals surface area contributed by atoms with E-state index in [9.17, 15) is 5.11 Å². The Balaban J connectivity index is 1.77. The van der Waals surface area contributed by atoms with Gasteiger partial charge in [-0.25, -0.2) is 9.97 Å². The fourth-order valence-electron chi connectivity index (χ4n) is 2.45. The molecule has 1 aliphatic heterocycles. The molecule has 0 atom stereocenters. The van der Waals surface area contributed by atoms with Crippen LogP contribution in [0.25, 0.3) is 0 Å². The third-order valence-corrected chi connectivity index (χ3v) is 3.92. The SMILES string of the molecule is Nc1ncc2c(n1)CCN(Cc1cccc(O)c1Cl)C2. The largest absolute Gasteiger partial charge is 0.506 e. The van der Waals surface area contributed by atoms with Crippen molar-refractivity contribution in [1.29, 1.82) is 0 Å². The van der Waals surface area contributed by atoms with Crippen LogP contribution in [0.5, 0.6) is 5.75 Å². The van der Waals surface area contributed by atoms with Crippen LogP contribution in [0.2, 0.25) is 5.02 Å². The van der Waals surface area contributed by atoms with Crippen LogP contribution in [0, 0.1) is 0 Å². The Morgan fingerprint density at radius 2 is 2.25 bits per heavy atom. The lowest BCUT2D eigenvalue weighted by Gasteiger charge is -2.28. The number of halogens is 1. The van der Waals surface area contributed by atoms with E-state index < -0.39 is 0 Å². The molecule has 3 rings (SSSR count). The van der Waals surface area contributed by atoms with Crippen LogP contribution in [0.15, 0.2) is 24.4 Å². The van der Waals surface area contributed by atoms with Gasteiger partial charge in [0.25, 0.3) is 0 Å². The number of aromatic hydroxyl groups is 1. The first kappa shape index (κ1) is 13.1. The molecule has 0 aliphatic carbocycles. The molecule has 5 nitrogen and oxygen atoms in total. The van der Waals surface area contributed by atoms with Crippen molar-refractivity contribution >= 4 is 17.5 Å². The fourth-order valence-corrected chi connectivity index (χ4v) is 2.64. The lowest BCUT2D eigenvalue weighted by molar-refractivity contribution is 0.243. The Bertz CT molecular complexity index is 647. The average molecular weight is 291 g/mol. The maximum atomic E-state index is 9.63.